The Labute approximate surface area is 67.2 Å². The fourth-order valence-corrected chi connectivity index (χ4v) is 1.21. The lowest BCUT2D eigenvalue weighted by Gasteiger charge is -1.93. The van der Waals surface area contributed by atoms with E-state index in [1.165, 1.54) is 0 Å². The monoisotopic (exact) mass is 168 g/mol. The summed E-state index contributed by atoms with van der Waals surface area (Å²) >= 11 is 0. The maximum Gasteiger partial charge on any atom is 0.149 e. The maximum absolute atomic E-state index is 13.0. The van der Waals surface area contributed by atoms with Crippen molar-refractivity contribution in [1.82, 2.24) is 10.2 Å². The number of fused-ring (bicyclic) bond motifs is 1. The summed E-state index contributed by atoms with van der Waals surface area (Å²) in [6.07, 6.45) is 0. The highest BCUT2D eigenvalue weighted by Crippen LogP contribution is 2.21. The van der Waals surface area contributed by atoms with Crippen LogP contribution in [0.2, 0.25) is 0 Å². The molecule has 0 unspecified atom stereocenters. The van der Waals surface area contributed by atoms with Crippen LogP contribution in [0.4, 0.5) is 8.78 Å². The highest BCUT2D eigenvalue weighted by Gasteiger charge is 2.10. The van der Waals surface area contributed by atoms with Crippen LogP contribution < -0.4 is 0 Å². The van der Waals surface area contributed by atoms with E-state index in [1.54, 1.807) is 6.92 Å². The van der Waals surface area contributed by atoms with Gasteiger partial charge in [0.2, 0.25) is 0 Å². The van der Waals surface area contributed by atoms with Crippen molar-refractivity contribution >= 4 is 10.9 Å². The number of H-pyrrole nitrogens is 1. The van der Waals surface area contributed by atoms with Crippen LogP contribution in [0, 0.1) is 18.6 Å². The molecule has 0 radical (unpaired) electrons. The van der Waals surface area contributed by atoms with E-state index in [2.05, 4.69) is 10.2 Å². The fourth-order valence-electron chi connectivity index (χ4n) is 1.21. The number of rotatable bonds is 0. The lowest BCUT2D eigenvalue weighted by Crippen LogP contribution is -1.82. The molecule has 1 heterocycles. The summed E-state index contributed by atoms with van der Waals surface area (Å²) in [4.78, 5) is 0. The van der Waals surface area contributed by atoms with Gasteiger partial charge < -0.3 is 0 Å². The molecule has 2 aromatic rings. The van der Waals surface area contributed by atoms with Gasteiger partial charge in [-0.15, -0.1) is 0 Å². The van der Waals surface area contributed by atoms with Crippen LogP contribution >= 0.6 is 0 Å². The number of aromatic amines is 1. The Kier molecular flexibility index (Phi) is 1.36. The van der Waals surface area contributed by atoms with Crippen molar-refractivity contribution in [3.05, 3.63) is 29.5 Å². The molecule has 0 atom stereocenters. The number of aryl methyl sites for hydroxylation is 1. The van der Waals surface area contributed by atoms with Gasteiger partial charge in [0.15, 0.2) is 0 Å². The minimum Gasteiger partial charge on any atom is -0.274 e. The Morgan fingerprint density at radius 1 is 1.25 bits per heavy atom. The molecule has 0 amide bonds. The number of nitrogens with one attached hydrogen (secondary N) is 1. The molecule has 2 rings (SSSR count). The molecule has 0 aliphatic carbocycles. The van der Waals surface area contributed by atoms with E-state index in [0.717, 1.165) is 12.1 Å². The minimum absolute atomic E-state index is 0.132. The molecule has 0 aliphatic heterocycles. The third-order valence-corrected chi connectivity index (χ3v) is 1.80. The predicted molar refractivity (Wildman–Crippen MR) is 40.7 cm³/mol. The van der Waals surface area contributed by atoms with E-state index in [9.17, 15) is 8.78 Å². The van der Waals surface area contributed by atoms with Gasteiger partial charge >= 0.3 is 0 Å². The van der Waals surface area contributed by atoms with Gasteiger partial charge in [0.05, 0.1) is 11.1 Å². The van der Waals surface area contributed by atoms with E-state index in [1.807, 2.05) is 0 Å². The van der Waals surface area contributed by atoms with Crippen molar-refractivity contribution in [1.29, 1.82) is 0 Å². The molecule has 62 valence electrons. The average molecular weight is 168 g/mol. The first-order chi connectivity index (χ1) is 5.70. The van der Waals surface area contributed by atoms with Crippen LogP contribution in [-0.2, 0) is 0 Å². The van der Waals surface area contributed by atoms with E-state index >= 15 is 0 Å². The summed E-state index contributed by atoms with van der Waals surface area (Å²) in [5.41, 5.74) is 0.606. The summed E-state index contributed by atoms with van der Waals surface area (Å²) in [6, 6.07) is 2.18. The first-order valence-electron chi connectivity index (χ1n) is 3.49. The Bertz CT molecular complexity index is 434. The second kappa shape index (κ2) is 2.27. The van der Waals surface area contributed by atoms with Crippen LogP contribution in [0.3, 0.4) is 0 Å². The molecule has 12 heavy (non-hydrogen) atoms. The average Bonchev–Trinajstić information content (AvgIpc) is 2.42. The topological polar surface area (TPSA) is 28.7 Å². The number of hydrogen-bond donors (Lipinski definition) is 1. The Hall–Kier alpha value is -1.45. The van der Waals surface area contributed by atoms with Gasteiger partial charge in [-0.2, -0.15) is 5.10 Å². The number of hydrogen-bond acceptors (Lipinski definition) is 1. The Morgan fingerprint density at radius 2 is 1.92 bits per heavy atom. The molecule has 2 nitrogen and oxygen atoms in total. The summed E-state index contributed by atoms with van der Waals surface area (Å²) in [5.74, 6) is -0.926. The lowest BCUT2D eigenvalue weighted by molar-refractivity contribution is 0.616. The SMILES string of the molecule is Cc1n[nH]c2c(F)ccc(F)c12. The molecule has 0 aliphatic rings. The van der Waals surface area contributed by atoms with Crippen LogP contribution in [0.1, 0.15) is 5.69 Å². The van der Waals surface area contributed by atoms with E-state index in [4.69, 9.17) is 0 Å². The number of aromatic nitrogens is 2. The molecule has 4 heteroatoms. The molecule has 0 saturated carbocycles. The molecule has 0 fully saturated rings. The van der Waals surface area contributed by atoms with Crippen molar-refractivity contribution in [3.63, 3.8) is 0 Å². The molecule has 0 saturated heterocycles. The van der Waals surface area contributed by atoms with E-state index in [-0.39, 0.29) is 10.9 Å². The van der Waals surface area contributed by atoms with Crippen molar-refractivity contribution in [3.8, 4) is 0 Å². The molecule has 0 bridgehead atoms. The predicted octanol–water partition coefficient (Wildman–Crippen LogP) is 2.15. The summed E-state index contributed by atoms with van der Waals surface area (Å²) in [6.45, 7) is 1.63. The van der Waals surface area contributed by atoms with Gasteiger partial charge in [0.25, 0.3) is 0 Å². The lowest BCUT2D eigenvalue weighted by atomic mass is 10.2. The quantitative estimate of drug-likeness (QED) is 0.641. The van der Waals surface area contributed by atoms with Crippen molar-refractivity contribution in [2.24, 2.45) is 0 Å². The maximum atomic E-state index is 13.0. The van der Waals surface area contributed by atoms with Crippen molar-refractivity contribution in [2.45, 2.75) is 6.92 Å². The zero-order valence-electron chi connectivity index (χ0n) is 6.36. The smallest absolute Gasteiger partial charge is 0.149 e. The van der Waals surface area contributed by atoms with Gasteiger partial charge in [-0.3, -0.25) is 5.10 Å². The van der Waals surface area contributed by atoms with Gasteiger partial charge in [0.1, 0.15) is 17.2 Å². The summed E-state index contributed by atoms with van der Waals surface area (Å²) in [5, 5.41) is 6.38. The van der Waals surface area contributed by atoms with Gasteiger partial charge in [-0.05, 0) is 19.1 Å². The first-order valence-corrected chi connectivity index (χ1v) is 3.49. The van der Waals surface area contributed by atoms with E-state index in [0.29, 0.717) is 5.69 Å². The van der Waals surface area contributed by atoms with Crippen molar-refractivity contribution < 1.29 is 8.78 Å². The van der Waals surface area contributed by atoms with Crippen LogP contribution in [0.5, 0.6) is 0 Å². The zero-order chi connectivity index (χ0) is 8.72. The highest BCUT2D eigenvalue weighted by atomic mass is 19.1. The largest absolute Gasteiger partial charge is 0.274 e. The molecular formula is C8H6F2N2. The highest BCUT2D eigenvalue weighted by molar-refractivity contribution is 5.82. The second-order valence-electron chi connectivity index (χ2n) is 2.59. The Morgan fingerprint density at radius 3 is 2.58 bits per heavy atom. The Balaban J connectivity index is 2.98. The van der Waals surface area contributed by atoms with Crippen LogP contribution in [0.15, 0.2) is 12.1 Å². The summed E-state index contributed by atoms with van der Waals surface area (Å²) in [7, 11) is 0. The standard InChI is InChI=1S/C8H6F2N2/c1-4-7-5(9)2-3-6(10)8(7)12-11-4/h2-3H,1H3,(H,11,12). The second-order valence-corrected chi connectivity index (χ2v) is 2.59. The minimum atomic E-state index is -0.480. The summed E-state index contributed by atoms with van der Waals surface area (Å²) < 4.78 is 26.0. The van der Waals surface area contributed by atoms with E-state index < -0.39 is 11.6 Å². The molecule has 1 aromatic carbocycles. The third kappa shape index (κ3) is 0.809. The normalized spacial score (nSPS) is 10.9. The number of nitrogens with zero attached hydrogens (tertiary/aromatic N) is 1. The molecule has 1 aromatic heterocycles. The first kappa shape index (κ1) is 7.21. The van der Waals surface area contributed by atoms with Gasteiger partial charge in [-0.1, -0.05) is 0 Å². The van der Waals surface area contributed by atoms with Crippen LogP contribution in [0.25, 0.3) is 10.9 Å². The molecule has 1 N–H and O–H groups in total. The number of halogens is 2. The third-order valence-electron chi connectivity index (χ3n) is 1.80. The van der Waals surface area contributed by atoms with Crippen molar-refractivity contribution in [2.75, 3.05) is 0 Å². The van der Waals surface area contributed by atoms with Crippen LogP contribution in [-0.4, -0.2) is 10.2 Å². The van der Waals surface area contributed by atoms with Gasteiger partial charge in [0, 0.05) is 0 Å². The fraction of sp³-hybridized carbons (Fsp3) is 0.125. The zero-order valence-corrected chi connectivity index (χ0v) is 6.36. The number of benzene rings is 1. The molecular weight excluding hydrogens is 162 g/mol. The molecule has 0 spiro atoms. The van der Waals surface area contributed by atoms with Gasteiger partial charge in [-0.25, -0.2) is 8.78 Å².